The van der Waals surface area contributed by atoms with E-state index in [-0.39, 0.29) is 35.8 Å². The summed E-state index contributed by atoms with van der Waals surface area (Å²) in [6, 6.07) is 9.61. The largest absolute Gasteiger partial charge is 0.493 e. The third kappa shape index (κ3) is 6.69. The molecule has 0 radical (unpaired) electrons. The number of halogens is 2. The molecule has 0 saturated carbocycles. The topological polar surface area (TPSA) is 115 Å². The zero-order chi connectivity index (χ0) is 24.5. The van der Waals surface area contributed by atoms with E-state index in [9.17, 15) is 0 Å². The van der Waals surface area contributed by atoms with E-state index in [0.717, 1.165) is 55.4 Å². The molecule has 0 unspecified atom stereocenters. The summed E-state index contributed by atoms with van der Waals surface area (Å²) in [5, 5.41) is 3.83. The lowest BCUT2D eigenvalue weighted by molar-refractivity contribution is 0.0434. The molecule has 1 saturated heterocycles. The first kappa shape index (κ1) is 35.1. The Morgan fingerprint density at radius 1 is 0.769 bits per heavy atom. The van der Waals surface area contributed by atoms with Crippen LogP contribution in [0.2, 0.25) is 0 Å². The van der Waals surface area contributed by atoms with E-state index >= 15 is 0 Å². The summed E-state index contributed by atoms with van der Waals surface area (Å²) >= 11 is 0. The van der Waals surface area contributed by atoms with E-state index < -0.39 is 0 Å². The minimum atomic E-state index is 0. The lowest BCUT2D eigenvalue weighted by atomic mass is 9.72. The summed E-state index contributed by atoms with van der Waals surface area (Å²) in [6.45, 7) is 5.66. The second-order valence-electron chi connectivity index (χ2n) is 10.2. The average molecular weight is 590 g/mol. The Morgan fingerprint density at radius 2 is 1.31 bits per heavy atom. The van der Waals surface area contributed by atoms with Crippen molar-refractivity contribution in [1.29, 1.82) is 0 Å². The van der Waals surface area contributed by atoms with Crippen LogP contribution in [0, 0.1) is 11.8 Å². The van der Waals surface area contributed by atoms with E-state index in [1.807, 2.05) is 0 Å². The molecule has 4 atom stereocenters. The predicted octanol–water partition coefficient (Wildman–Crippen LogP) is 4.14. The summed E-state index contributed by atoms with van der Waals surface area (Å²) in [4.78, 5) is 2.72. The highest BCUT2D eigenvalue weighted by Crippen LogP contribution is 2.48. The number of hydrogen-bond donors (Lipinski definition) is 1. The monoisotopic (exact) mass is 588 g/mol. The van der Waals surface area contributed by atoms with Crippen molar-refractivity contribution >= 4 is 24.8 Å². The average Bonchev–Trinajstić information content (AvgIpc) is 2.91. The first-order valence-corrected chi connectivity index (χ1v) is 13.1. The van der Waals surface area contributed by atoms with Gasteiger partial charge in [-0.2, -0.15) is 0 Å². The van der Waals surface area contributed by atoms with Crippen LogP contribution in [0.5, 0.6) is 23.0 Å². The Morgan fingerprint density at radius 3 is 1.87 bits per heavy atom. The lowest BCUT2D eigenvalue weighted by Gasteiger charge is -2.48. The highest BCUT2D eigenvalue weighted by atomic mass is 35.5. The smallest absolute Gasteiger partial charge is 0.161 e. The summed E-state index contributed by atoms with van der Waals surface area (Å²) in [5.74, 6) is 4.69. The molecule has 3 heterocycles. The van der Waals surface area contributed by atoms with E-state index in [0.29, 0.717) is 23.9 Å². The summed E-state index contributed by atoms with van der Waals surface area (Å²) in [6.07, 6.45) is 5.65. The quantitative estimate of drug-likeness (QED) is 0.519. The molecule has 3 aliphatic rings. The second kappa shape index (κ2) is 15.2. The van der Waals surface area contributed by atoms with Gasteiger partial charge < -0.3 is 35.2 Å². The van der Waals surface area contributed by atoms with Crippen LogP contribution >= 0.6 is 24.8 Å². The van der Waals surface area contributed by atoms with Gasteiger partial charge in [-0.05, 0) is 90.6 Å². The van der Waals surface area contributed by atoms with Gasteiger partial charge in [0.1, 0.15) is 0 Å². The first-order chi connectivity index (χ1) is 17.1. The fourth-order valence-electron chi connectivity index (χ4n) is 6.74. The molecule has 39 heavy (non-hydrogen) atoms. The Labute approximate surface area is 245 Å². The molecule has 0 spiro atoms. The zero-order valence-corrected chi connectivity index (χ0v) is 25.3. The Balaban J connectivity index is 0.00000190. The standard InChI is InChI=1S/C29H40N2O4.2ClH.2H2O/c1-6-18-17-31-10-8-20-14-27(33-3)29(35-5)16-23(20)25(31)12-21(18)11-24-22-15-28(34-4)26(32-2)13-19(22)7-9-30-24;;;;/h13-16,18,21,24-25,30H,6-12,17H2,1-5H3;2*1H;2*1H2/t18-,21-,24+,25-;;;;/m0..../s1. The molecular weight excluding hydrogens is 543 g/mol. The molecule has 0 aromatic heterocycles. The van der Waals surface area contributed by atoms with Gasteiger partial charge in [-0.25, -0.2) is 0 Å². The van der Waals surface area contributed by atoms with Gasteiger partial charge in [-0.1, -0.05) is 13.3 Å². The molecule has 1 fully saturated rings. The van der Waals surface area contributed by atoms with Crippen LogP contribution in [0.15, 0.2) is 24.3 Å². The molecule has 222 valence electrons. The number of methoxy groups -OCH3 is 4. The van der Waals surface area contributed by atoms with Gasteiger partial charge in [0.15, 0.2) is 23.0 Å². The SMILES string of the molecule is CC[C@H]1CN2CCc3cc(OC)c(OC)cc3[C@@H]2C[C@@H]1C[C@H]1NCCc2cc(OC)c(OC)cc21.Cl.Cl.O.O. The first-order valence-electron chi connectivity index (χ1n) is 13.1. The third-order valence-corrected chi connectivity index (χ3v) is 8.64. The molecule has 3 aliphatic heterocycles. The number of ether oxygens (including phenoxy) is 4. The Bertz CT molecular complexity index is 1070. The lowest BCUT2D eigenvalue weighted by Crippen LogP contribution is -2.46. The van der Waals surface area contributed by atoms with Crippen molar-refractivity contribution in [3.63, 3.8) is 0 Å². The van der Waals surface area contributed by atoms with Crippen LogP contribution < -0.4 is 24.3 Å². The van der Waals surface area contributed by atoms with E-state index in [4.69, 9.17) is 18.9 Å². The minimum absolute atomic E-state index is 0. The van der Waals surface area contributed by atoms with Gasteiger partial charge in [0.25, 0.3) is 0 Å². The summed E-state index contributed by atoms with van der Waals surface area (Å²) in [7, 11) is 6.90. The second-order valence-corrected chi connectivity index (χ2v) is 10.2. The minimum Gasteiger partial charge on any atom is -0.493 e. The number of nitrogens with zero attached hydrogens (tertiary/aromatic N) is 1. The van der Waals surface area contributed by atoms with Crippen molar-refractivity contribution in [2.75, 3.05) is 48.1 Å². The molecular formula is C29H46Cl2N2O6. The maximum Gasteiger partial charge on any atom is 0.161 e. The normalized spacial score (nSPS) is 23.1. The van der Waals surface area contributed by atoms with Crippen molar-refractivity contribution < 1.29 is 29.9 Å². The Kier molecular flexibility index (Phi) is 13.6. The van der Waals surface area contributed by atoms with Gasteiger partial charge >= 0.3 is 0 Å². The molecule has 0 amide bonds. The maximum atomic E-state index is 5.68. The van der Waals surface area contributed by atoms with Gasteiger partial charge in [0.05, 0.1) is 28.4 Å². The number of piperidine rings is 1. The summed E-state index contributed by atoms with van der Waals surface area (Å²) in [5.41, 5.74) is 5.60. The fraction of sp³-hybridized carbons (Fsp3) is 0.586. The van der Waals surface area contributed by atoms with Gasteiger partial charge in [0.2, 0.25) is 0 Å². The van der Waals surface area contributed by atoms with Crippen LogP contribution in [0.1, 0.15) is 60.5 Å². The van der Waals surface area contributed by atoms with Gasteiger partial charge in [0, 0.05) is 25.2 Å². The van der Waals surface area contributed by atoms with Crippen molar-refractivity contribution in [3.05, 3.63) is 46.5 Å². The molecule has 0 bridgehead atoms. The van der Waals surface area contributed by atoms with Gasteiger partial charge in [-0.15, -0.1) is 24.8 Å². The van der Waals surface area contributed by atoms with Crippen molar-refractivity contribution in [2.45, 2.75) is 51.1 Å². The van der Waals surface area contributed by atoms with Crippen LogP contribution in [-0.2, 0) is 12.8 Å². The molecule has 2 aromatic carbocycles. The number of nitrogens with one attached hydrogen (secondary N) is 1. The fourth-order valence-corrected chi connectivity index (χ4v) is 6.74. The molecule has 5 rings (SSSR count). The van der Waals surface area contributed by atoms with Crippen molar-refractivity contribution in [1.82, 2.24) is 10.2 Å². The third-order valence-electron chi connectivity index (χ3n) is 8.64. The molecule has 2 aromatic rings. The predicted molar refractivity (Wildman–Crippen MR) is 160 cm³/mol. The van der Waals surface area contributed by atoms with E-state index in [1.165, 1.54) is 41.6 Å². The molecule has 10 heteroatoms. The van der Waals surface area contributed by atoms with Crippen LogP contribution in [0.25, 0.3) is 0 Å². The maximum absolute atomic E-state index is 5.68. The molecule has 8 nitrogen and oxygen atoms in total. The highest BCUT2D eigenvalue weighted by Gasteiger charge is 2.40. The van der Waals surface area contributed by atoms with Crippen molar-refractivity contribution in [3.8, 4) is 23.0 Å². The van der Waals surface area contributed by atoms with E-state index in [1.54, 1.807) is 28.4 Å². The van der Waals surface area contributed by atoms with Gasteiger partial charge in [-0.3, -0.25) is 4.90 Å². The van der Waals surface area contributed by atoms with E-state index in [2.05, 4.69) is 41.4 Å². The number of benzene rings is 2. The zero-order valence-electron chi connectivity index (χ0n) is 23.7. The molecule has 5 N–H and O–H groups in total. The number of fused-ring (bicyclic) bond motifs is 4. The highest BCUT2D eigenvalue weighted by molar-refractivity contribution is 5.85. The molecule has 0 aliphatic carbocycles. The van der Waals surface area contributed by atoms with Crippen LogP contribution in [0.3, 0.4) is 0 Å². The number of hydrogen-bond acceptors (Lipinski definition) is 6. The van der Waals surface area contributed by atoms with Crippen LogP contribution in [-0.4, -0.2) is 63.9 Å². The summed E-state index contributed by atoms with van der Waals surface area (Å²) < 4.78 is 22.5. The number of rotatable bonds is 7. The Hall–Kier alpha value is -1.94. The van der Waals surface area contributed by atoms with Crippen LogP contribution in [0.4, 0.5) is 0 Å². The van der Waals surface area contributed by atoms with Crippen molar-refractivity contribution in [2.24, 2.45) is 11.8 Å².